The number of ether oxygens (including phenoxy) is 1. The summed E-state index contributed by atoms with van der Waals surface area (Å²) >= 11 is 16.6. The van der Waals surface area contributed by atoms with E-state index in [1.807, 2.05) is 49.4 Å². The third-order valence-electron chi connectivity index (χ3n) is 2.97. The van der Waals surface area contributed by atoms with Gasteiger partial charge < -0.3 is 10.1 Å². The zero-order valence-electron chi connectivity index (χ0n) is 11.3. The standard InChI is InChI=1S/C15H14Cl3NO2/c1-10(19-14(20)21-9-15(16,17)18)12-7-6-11-4-2-3-5-13(11)8-12/h2-8,10H,9H2,1H3,(H,19,20). The van der Waals surface area contributed by atoms with Crippen molar-refractivity contribution in [3.63, 3.8) is 0 Å². The van der Waals surface area contributed by atoms with E-state index in [-0.39, 0.29) is 12.6 Å². The number of carbonyl (C=O) groups is 1. The summed E-state index contributed by atoms with van der Waals surface area (Å²) in [6, 6.07) is 13.8. The molecule has 0 saturated heterocycles. The molecule has 0 saturated carbocycles. The van der Waals surface area contributed by atoms with Gasteiger partial charge in [0.1, 0.15) is 6.61 Å². The van der Waals surface area contributed by atoms with Gasteiger partial charge in [-0.15, -0.1) is 0 Å². The van der Waals surface area contributed by atoms with Crippen LogP contribution in [0.15, 0.2) is 42.5 Å². The van der Waals surface area contributed by atoms with Crippen LogP contribution in [0.1, 0.15) is 18.5 Å². The second-order valence-corrected chi connectivity index (χ2v) is 7.18. The van der Waals surface area contributed by atoms with Crippen molar-refractivity contribution >= 4 is 51.7 Å². The van der Waals surface area contributed by atoms with Crippen LogP contribution in [0.25, 0.3) is 10.8 Å². The van der Waals surface area contributed by atoms with E-state index in [9.17, 15) is 4.79 Å². The molecule has 21 heavy (non-hydrogen) atoms. The van der Waals surface area contributed by atoms with Gasteiger partial charge in [-0.3, -0.25) is 0 Å². The number of amides is 1. The molecule has 0 aliphatic heterocycles. The van der Waals surface area contributed by atoms with E-state index in [0.717, 1.165) is 16.3 Å². The van der Waals surface area contributed by atoms with Gasteiger partial charge >= 0.3 is 6.09 Å². The lowest BCUT2D eigenvalue weighted by Crippen LogP contribution is -2.30. The molecule has 0 radical (unpaired) electrons. The first kappa shape index (κ1) is 16.2. The Balaban J connectivity index is 2.01. The van der Waals surface area contributed by atoms with Crippen molar-refractivity contribution in [2.75, 3.05) is 6.61 Å². The Morgan fingerprint density at radius 1 is 1.19 bits per heavy atom. The normalized spacial score (nSPS) is 13.0. The first-order valence-electron chi connectivity index (χ1n) is 6.34. The summed E-state index contributed by atoms with van der Waals surface area (Å²) in [5, 5.41) is 4.95. The van der Waals surface area contributed by atoms with Gasteiger partial charge in [0, 0.05) is 0 Å². The third-order valence-corrected chi connectivity index (χ3v) is 3.30. The van der Waals surface area contributed by atoms with Gasteiger partial charge in [0.05, 0.1) is 6.04 Å². The predicted octanol–water partition coefficient (Wildman–Crippen LogP) is 5.00. The molecule has 1 N–H and O–H groups in total. The van der Waals surface area contributed by atoms with Gasteiger partial charge in [0.15, 0.2) is 0 Å². The Bertz CT molecular complexity index is 640. The second-order valence-electron chi connectivity index (χ2n) is 4.66. The Morgan fingerprint density at radius 3 is 2.52 bits per heavy atom. The molecule has 6 heteroatoms. The van der Waals surface area contributed by atoms with E-state index in [1.54, 1.807) is 0 Å². The number of nitrogens with one attached hydrogen (secondary N) is 1. The van der Waals surface area contributed by atoms with Crippen molar-refractivity contribution in [1.82, 2.24) is 5.32 Å². The molecule has 2 aromatic rings. The Morgan fingerprint density at radius 2 is 1.86 bits per heavy atom. The molecule has 2 rings (SSSR count). The van der Waals surface area contributed by atoms with Crippen LogP contribution in [0, 0.1) is 0 Å². The summed E-state index contributed by atoms with van der Waals surface area (Å²) in [5.74, 6) is 0. The lowest BCUT2D eigenvalue weighted by atomic mass is 10.0. The van der Waals surface area contributed by atoms with E-state index < -0.39 is 9.89 Å². The van der Waals surface area contributed by atoms with E-state index in [1.165, 1.54) is 0 Å². The van der Waals surface area contributed by atoms with Gasteiger partial charge in [-0.05, 0) is 29.3 Å². The van der Waals surface area contributed by atoms with Gasteiger partial charge in [0.25, 0.3) is 0 Å². The van der Waals surface area contributed by atoms with Crippen LogP contribution in [0.3, 0.4) is 0 Å². The summed E-state index contributed by atoms with van der Waals surface area (Å²) in [6.07, 6.45) is -0.623. The molecule has 1 amide bonds. The minimum absolute atomic E-state index is 0.211. The minimum Gasteiger partial charge on any atom is -0.445 e. The summed E-state index contributed by atoms with van der Waals surface area (Å²) in [5.41, 5.74) is 0.972. The maximum absolute atomic E-state index is 11.6. The largest absolute Gasteiger partial charge is 0.445 e. The highest BCUT2D eigenvalue weighted by atomic mass is 35.6. The van der Waals surface area contributed by atoms with E-state index >= 15 is 0 Å². The Labute approximate surface area is 138 Å². The fourth-order valence-electron chi connectivity index (χ4n) is 1.93. The molecule has 0 aliphatic rings. The topological polar surface area (TPSA) is 38.3 Å². The number of carbonyl (C=O) groups excluding carboxylic acids is 1. The highest BCUT2D eigenvalue weighted by Crippen LogP contribution is 2.26. The van der Waals surface area contributed by atoms with Crippen LogP contribution in [0.4, 0.5) is 4.79 Å². The molecule has 1 atom stereocenters. The Kier molecular flexibility index (Phi) is 5.20. The van der Waals surface area contributed by atoms with Gasteiger partial charge in [-0.2, -0.15) is 0 Å². The number of benzene rings is 2. The first-order chi connectivity index (χ1) is 9.85. The number of fused-ring (bicyclic) bond motifs is 1. The SMILES string of the molecule is CC(NC(=O)OCC(Cl)(Cl)Cl)c1ccc2ccccc2c1. The summed E-state index contributed by atoms with van der Waals surface area (Å²) < 4.78 is 3.23. The minimum atomic E-state index is -1.61. The molecule has 2 aromatic carbocycles. The lowest BCUT2D eigenvalue weighted by molar-refractivity contribution is 0.145. The molecular weight excluding hydrogens is 333 g/mol. The highest BCUT2D eigenvalue weighted by Gasteiger charge is 2.22. The molecule has 3 nitrogen and oxygen atoms in total. The van der Waals surface area contributed by atoms with Crippen molar-refractivity contribution in [3.05, 3.63) is 48.0 Å². The van der Waals surface area contributed by atoms with Crippen LogP contribution in [0.2, 0.25) is 0 Å². The number of hydrogen-bond acceptors (Lipinski definition) is 2. The summed E-state index contributed by atoms with van der Waals surface area (Å²) in [7, 11) is 0. The number of rotatable bonds is 3. The predicted molar refractivity (Wildman–Crippen MR) is 87.1 cm³/mol. The van der Waals surface area contributed by atoms with Crippen LogP contribution in [0.5, 0.6) is 0 Å². The van der Waals surface area contributed by atoms with Gasteiger partial charge in [-0.1, -0.05) is 71.2 Å². The Hall–Kier alpha value is -1.16. The molecular formula is C15H14Cl3NO2. The van der Waals surface area contributed by atoms with E-state index in [0.29, 0.717) is 0 Å². The third kappa shape index (κ3) is 4.95. The first-order valence-corrected chi connectivity index (χ1v) is 7.47. The number of hydrogen-bond donors (Lipinski definition) is 1. The zero-order valence-corrected chi connectivity index (χ0v) is 13.5. The van der Waals surface area contributed by atoms with Crippen molar-refractivity contribution in [2.45, 2.75) is 16.8 Å². The lowest BCUT2D eigenvalue weighted by Gasteiger charge is -2.16. The molecule has 1 unspecified atom stereocenters. The number of halogens is 3. The molecule has 0 heterocycles. The van der Waals surface area contributed by atoms with Crippen LogP contribution >= 0.6 is 34.8 Å². The molecule has 0 bridgehead atoms. The average molecular weight is 347 g/mol. The van der Waals surface area contributed by atoms with Crippen molar-refractivity contribution in [1.29, 1.82) is 0 Å². The quantitative estimate of drug-likeness (QED) is 0.794. The van der Waals surface area contributed by atoms with Crippen molar-refractivity contribution in [2.24, 2.45) is 0 Å². The van der Waals surface area contributed by atoms with Crippen LogP contribution in [-0.2, 0) is 4.74 Å². The maximum atomic E-state index is 11.6. The second kappa shape index (κ2) is 6.73. The molecule has 0 aromatic heterocycles. The molecule has 0 aliphatic carbocycles. The fraction of sp³-hybridized carbons (Fsp3) is 0.267. The monoisotopic (exact) mass is 345 g/mol. The number of alkyl halides is 3. The fourth-order valence-corrected chi connectivity index (χ4v) is 2.09. The molecule has 0 spiro atoms. The van der Waals surface area contributed by atoms with Crippen molar-refractivity contribution < 1.29 is 9.53 Å². The smallest absolute Gasteiger partial charge is 0.407 e. The zero-order chi connectivity index (χ0) is 15.5. The van der Waals surface area contributed by atoms with E-state index in [2.05, 4.69) is 5.32 Å². The summed E-state index contributed by atoms with van der Waals surface area (Å²) in [6.45, 7) is 1.56. The molecule has 112 valence electrons. The highest BCUT2D eigenvalue weighted by molar-refractivity contribution is 6.67. The van der Waals surface area contributed by atoms with Gasteiger partial charge in [0.2, 0.25) is 3.79 Å². The molecule has 0 fully saturated rings. The number of alkyl carbamates (subject to hydrolysis) is 1. The maximum Gasteiger partial charge on any atom is 0.407 e. The van der Waals surface area contributed by atoms with Crippen LogP contribution < -0.4 is 5.32 Å². The average Bonchev–Trinajstić information content (AvgIpc) is 2.44. The summed E-state index contributed by atoms with van der Waals surface area (Å²) in [4.78, 5) is 11.6. The van der Waals surface area contributed by atoms with E-state index in [4.69, 9.17) is 39.5 Å². The van der Waals surface area contributed by atoms with Crippen LogP contribution in [-0.4, -0.2) is 16.5 Å². The van der Waals surface area contributed by atoms with Crippen molar-refractivity contribution in [3.8, 4) is 0 Å². The van der Waals surface area contributed by atoms with Gasteiger partial charge in [-0.25, -0.2) is 4.79 Å².